The third-order valence-electron chi connectivity index (χ3n) is 5.89. The number of carbonyl (C=O) groups is 3. The van der Waals surface area contributed by atoms with E-state index in [2.05, 4.69) is 5.32 Å². The molecule has 5 rings (SSSR count). The van der Waals surface area contributed by atoms with Gasteiger partial charge in [-0.2, -0.15) is 0 Å². The molecule has 4 heterocycles. The van der Waals surface area contributed by atoms with Crippen LogP contribution in [0.15, 0.2) is 52.8 Å². The number of nitrogens with zero attached hydrogens (tertiary/aromatic N) is 2. The highest BCUT2D eigenvalue weighted by Gasteiger charge is 2.57. The van der Waals surface area contributed by atoms with E-state index in [0.717, 1.165) is 4.88 Å². The van der Waals surface area contributed by atoms with Gasteiger partial charge in [0.2, 0.25) is 11.8 Å². The fourth-order valence-electron chi connectivity index (χ4n) is 4.14. The number of non-ortho nitro benzene ring substituents is 1. The molecule has 11 nitrogen and oxygen atoms in total. The molecule has 0 bridgehead atoms. The number of rotatable bonds is 8. The lowest BCUT2D eigenvalue weighted by atomic mass is 9.97. The number of nitro benzene ring substituents is 1. The molecule has 2 unspecified atom stereocenters. The maximum atomic E-state index is 13.2. The van der Waals surface area contributed by atoms with Crippen LogP contribution < -0.4 is 5.32 Å². The van der Waals surface area contributed by atoms with E-state index in [4.69, 9.17) is 14.2 Å². The summed E-state index contributed by atoms with van der Waals surface area (Å²) in [6, 6.07) is 7.51. The summed E-state index contributed by atoms with van der Waals surface area (Å²) in [7, 11) is 0. The van der Waals surface area contributed by atoms with E-state index in [9.17, 15) is 24.5 Å². The molecular formula is C23H21N3O8S2. The Morgan fingerprint density at radius 3 is 2.61 bits per heavy atom. The molecule has 3 aliphatic heterocycles. The summed E-state index contributed by atoms with van der Waals surface area (Å²) in [5, 5.41) is 16.8. The summed E-state index contributed by atoms with van der Waals surface area (Å²) >= 11 is 2.77. The number of hydrogen-bond acceptors (Lipinski definition) is 10. The standard InChI is InChI=1S/C23H21N3O8S2/c27-17(10-15-2-1-9-35-15)24-18-20(28)25-19(16(12-36-21(18)25)23-32-7-8-33-23)22(29)34-11-13-3-5-14(6-4-13)26(30)31/h1-6,9,12,18-19,21,23H,7-8,10-11H2,(H,24,27)/t18?,19?,21-/m0/s1. The van der Waals surface area contributed by atoms with Gasteiger partial charge in [-0.3, -0.25) is 19.7 Å². The molecule has 2 amide bonds. The van der Waals surface area contributed by atoms with Crippen molar-refractivity contribution in [3.05, 3.63) is 73.3 Å². The molecule has 13 heteroatoms. The molecule has 3 atom stereocenters. The Morgan fingerprint density at radius 2 is 1.94 bits per heavy atom. The fourth-order valence-corrected chi connectivity index (χ4v) is 6.08. The minimum Gasteiger partial charge on any atom is -0.459 e. The van der Waals surface area contributed by atoms with Crippen LogP contribution in [-0.4, -0.2) is 64.6 Å². The fraction of sp³-hybridized carbons (Fsp3) is 0.348. The van der Waals surface area contributed by atoms with Gasteiger partial charge >= 0.3 is 5.97 Å². The molecule has 2 aromatic rings. The topological polar surface area (TPSA) is 137 Å². The molecule has 188 valence electrons. The van der Waals surface area contributed by atoms with Crippen LogP contribution in [0.3, 0.4) is 0 Å². The number of nitrogens with one attached hydrogen (secondary N) is 1. The molecular weight excluding hydrogens is 510 g/mol. The molecule has 0 aliphatic carbocycles. The Bertz CT molecular complexity index is 1190. The van der Waals surface area contributed by atoms with Gasteiger partial charge in [0.05, 0.1) is 24.6 Å². The highest BCUT2D eigenvalue weighted by atomic mass is 32.2. The zero-order valence-electron chi connectivity index (χ0n) is 18.7. The second-order valence-corrected chi connectivity index (χ2v) is 10.2. The van der Waals surface area contributed by atoms with Crippen LogP contribution in [0, 0.1) is 10.1 Å². The third kappa shape index (κ3) is 4.87. The molecule has 0 saturated carbocycles. The number of fused-ring (bicyclic) bond motifs is 1. The molecule has 3 aliphatic rings. The molecule has 2 saturated heterocycles. The van der Waals surface area contributed by atoms with E-state index < -0.39 is 40.5 Å². The van der Waals surface area contributed by atoms with E-state index in [1.807, 2.05) is 17.5 Å². The van der Waals surface area contributed by atoms with E-state index in [1.165, 1.54) is 52.3 Å². The molecule has 0 radical (unpaired) electrons. The van der Waals surface area contributed by atoms with Crippen molar-refractivity contribution in [2.75, 3.05) is 13.2 Å². The molecule has 1 aromatic carbocycles. The predicted octanol–water partition coefficient (Wildman–Crippen LogP) is 1.97. The second kappa shape index (κ2) is 10.4. The summed E-state index contributed by atoms with van der Waals surface area (Å²) in [5.74, 6) is -1.35. The smallest absolute Gasteiger partial charge is 0.333 e. The first-order chi connectivity index (χ1) is 17.4. The number of esters is 1. The normalized spacial score (nSPS) is 23.4. The lowest BCUT2D eigenvalue weighted by Crippen LogP contribution is -2.74. The van der Waals surface area contributed by atoms with Gasteiger partial charge in [-0.25, -0.2) is 4.79 Å². The first-order valence-corrected chi connectivity index (χ1v) is 12.9. The lowest BCUT2D eigenvalue weighted by molar-refractivity contribution is -0.384. The van der Waals surface area contributed by atoms with Gasteiger partial charge in [0, 0.05) is 22.6 Å². The quantitative estimate of drug-likeness (QED) is 0.235. The maximum Gasteiger partial charge on any atom is 0.333 e. The minimum absolute atomic E-state index is 0.0729. The van der Waals surface area contributed by atoms with Crippen molar-refractivity contribution >= 4 is 46.6 Å². The lowest BCUT2D eigenvalue weighted by Gasteiger charge is -2.52. The number of benzene rings is 1. The SMILES string of the molecule is O=C(Cc1cccs1)NC1C(=O)N2C(C(=O)OCc3ccc([N+](=O)[O-])cc3)C(C3OCCO3)=CS[C@@H]12. The first-order valence-electron chi connectivity index (χ1n) is 11.0. The largest absolute Gasteiger partial charge is 0.459 e. The van der Waals surface area contributed by atoms with Gasteiger partial charge in [0.1, 0.15) is 18.0 Å². The molecule has 1 N–H and O–H groups in total. The van der Waals surface area contributed by atoms with Crippen LogP contribution >= 0.6 is 23.1 Å². The van der Waals surface area contributed by atoms with Crippen molar-refractivity contribution in [2.24, 2.45) is 0 Å². The van der Waals surface area contributed by atoms with Gasteiger partial charge in [0.15, 0.2) is 12.3 Å². The van der Waals surface area contributed by atoms with Gasteiger partial charge in [-0.15, -0.1) is 23.1 Å². The number of ether oxygens (including phenoxy) is 3. The number of thiophene rings is 1. The number of β-lactam (4-membered cyclic amide) rings is 1. The van der Waals surface area contributed by atoms with Crippen LogP contribution in [0.2, 0.25) is 0 Å². The van der Waals surface area contributed by atoms with Crippen molar-refractivity contribution in [1.29, 1.82) is 0 Å². The Hall–Kier alpha value is -3.26. The minimum atomic E-state index is -1.07. The third-order valence-corrected chi connectivity index (χ3v) is 7.96. The van der Waals surface area contributed by atoms with Crippen molar-refractivity contribution < 1.29 is 33.5 Å². The second-order valence-electron chi connectivity index (χ2n) is 8.20. The van der Waals surface area contributed by atoms with Gasteiger partial charge in [0.25, 0.3) is 5.69 Å². The summed E-state index contributed by atoms with van der Waals surface area (Å²) < 4.78 is 16.7. The number of nitro groups is 1. The zero-order chi connectivity index (χ0) is 25.2. The van der Waals surface area contributed by atoms with E-state index in [0.29, 0.717) is 24.4 Å². The van der Waals surface area contributed by atoms with E-state index >= 15 is 0 Å². The average Bonchev–Trinajstić information content (AvgIpc) is 3.60. The van der Waals surface area contributed by atoms with Crippen LogP contribution in [-0.2, 0) is 41.6 Å². The van der Waals surface area contributed by atoms with Crippen molar-refractivity contribution in [3.8, 4) is 0 Å². The first kappa shape index (κ1) is 24.4. The maximum absolute atomic E-state index is 13.2. The summed E-state index contributed by atoms with van der Waals surface area (Å²) in [5.41, 5.74) is 0.943. The Morgan fingerprint density at radius 1 is 1.19 bits per heavy atom. The average molecular weight is 532 g/mol. The Balaban J connectivity index is 1.29. The van der Waals surface area contributed by atoms with Crippen LogP contribution in [0.25, 0.3) is 0 Å². The van der Waals surface area contributed by atoms with E-state index in [-0.39, 0.29) is 24.6 Å². The summed E-state index contributed by atoms with van der Waals surface area (Å²) in [4.78, 5) is 51.4. The van der Waals surface area contributed by atoms with Crippen molar-refractivity contribution in [3.63, 3.8) is 0 Å². The van der Waals surface area contributed by atoms with Crippen LogP contribution in [0.5, 0.6) is 0 Å². The van der Waals surface area contributed by atoms with Crippen LogP contribution in [0.4, 0.5) is 5.69 Å². The number of carbonyl (C=O) groups excluding carboxylic acids is 3. The van der Waals surface area contributed by atoms with Crippen molar-refractivity contribution in [2.45, 2.75) is 36.8 Å². The Kier molecular flexibility index (Phi) is 7.05. The van der Waals surface area contributed by atoms with E-state index in [1.54, 1.807) is 5.41 Å². The number of amides is 2. The highest BCUT2D eigenvalue weighted by molar-refractivity contribution is 8.03. The van der Waals surface area contributed by atoms with Gasteiger partial charge < -0.3 is 24.4 Å². The van der Waals surface area contributed by atoms with Gasteiger partial charge in [-0.1, -0.05) is 6.07 Å². The monoisotopic (exact) mass is 531 g/mol. The van der Waals surface area contributed by atoms with Gasteiger partial charge in [-0.05, 0) is 34.6 Å². The number of hydrogen-bond donors (Lipinski definition) is 1. The Labute approximate surface area is 213 Å². The number of thioether (sulfide) groups is 1. The molecule has 2 fully saturated rings. The molecule has 0 spiro atoms. The zero-order valence-corrected chi connectivity index (χ0v) is 20.4. The van der Waals surface area contributed by atoms with Crippen LogP contribution in [0.1, 0.15) is 10.4 Å². The molecule has 1 aromatic heterocycles. The highest BCUT2D eigenvalue weighted by Crippen LogP contribution is 2.42. The van der Waals surface area contributed by atoms with Crippen molar-refractivity contribution in [1.82, 2.24) is 10.2 Å². The summed E-state index contributed by atoms with van der Waals surface area (Å²) in [6.45, 7) is 0.583. The molecule has 36 heavy (non-hydrogen) atoms. The predicted molar refractivity (Wildman–Crippen MR) is 129 cm³/mol. The summed E-state index contributed by atoms with van der Waals surface area (Å²) in [6.07, 6.45) is -0.611.